The highest BCUT2D eigenvalue weighted by Crippen LogP contribution is 2.51. The van der Waals surface area contributed by atoms with Crippen LogP contribution in [0.3, 0.4) is 0 Å². The number of rotatable bonds is 11. The van der Waals surface area contributed by atoms with Gasteiger partial charge in [0.1, 0.15) is 11.7 Å². The molecule has 2 aliphatic carbocycles. The molecular formula is C27H32F3N7O3. The van der Waals surface area contributed by atoms with E-state index < -0.39 is 17.8 Å². The number of pyridine rings is 1. The Bertz CT molecular complexity index is 1360. The minimum absolute atomic E-state index is 0.0230. The standard InChI is InChI=1S/C27H32F3N7O3/c1-15(2)37-21(8-9-32-37)24(38)35-23(22(16-4-5-16)17-6-7-17)25(39)34-20-12-33-36(14-20)13-18-10-19(27(28,29)30)11-31-26(18)40-3/h8-12,14-17,22-23H,4-7,13H2,1-3H3,(H,34,39)(H,35,38). The molecule has 0 saturated heterocycles. The molecule has 2 fully saturated rings. The molecule has 13 heteroatoms. The van der Waals surface area contributed by atoms with Crippen molar-refractivity contribution in [3.05, 3.63) is 53.7 Å². The van der Waals surface area contributed by atoms with Gasteiger partial charge >= 0.3 is 6.18 Å². The van der Waals surface area contributed by atoms with Gasteiger partial charge in [0.2, 0.25) is 11.8 Å². The Kier molecular flexibility index (Phi) is 7.56. The SMILES string of the molecule is COc1ncc(C(F)(F)F)cc1Cn1cc(NC(=O)C(NC(=O)c2ccnn2C(C)C)C(C2CC2)C2CC2)cn1. The third-order valence-corrected chi connectivity index (χ3v) is 7.36. The van der Waals surface area contributed by atoms with Gasteiger partial charge in [-0.1, -0.05) is 0 Å². The van der Waals surface area contributed by atoms with E-state index >= 15 is 0 Å². The summed E-state index contributed by atoms with van der Waals surface area (Å²) in [6, 6.07) is 1.82. The minimum Gasteiger partial charge on any atom is -0.481 e. The molecule has 1 atom stereocenters. The topological polar surface area (TPSA) is 116 Å². The Morgan fingerprint density at radius 1 is 1.12 bits per heavy atom. The van der Waals surface area contributed by atoms with Crippen molar-refractivity contribution in [1.82, 2.24) is 29.9 Å². The van der Waals surface area contributed by atoms with Crippen molar-refractivity contribution in [3.8, 4) is 5.88 Å². The summed E-state index contributed by atoms with van der Waals surface area (Å²) in [4.78, 5) is 30.7. The van der Waals surface area contributed by atoms with E-state index in [2.05, 4.69) is 25.8 Å². The number of alkyl halides is 3. The van der Waals surface area contributed by atoms with Crippen molar-refractivity contribution in [1.29, 1.82) is 0 Å². The van der Waals surface area contributed by atoms with Crippen LogP contribution in [0.15, 0.2) is 36.9 Å². The molecule has 3 aromatic heterocycles. The molecule has 0 bridgehead atoms. The Morgan fingerprint density at radius 3 is 2.42 bits per heavy atom. The summed E-state index contributed by atoms with van der Waals surface area (Å²) in [7, 11) is 1.33. The lowest BCUT2D eigenvalue weighted by atomic mass is 9.88. The number of carbonyl (C=O) groups is 2. The second-order valence-corrected chi connectivity index (χ2v) is 10.8. The molecule has 0 radical (unpaired) electrons. The summed E-state index contributed by atoms with van der Waals surface area (Å²) >= 11 is 0. The van der Waals surface area contributed by atoms with Crippen LogP contribution in [0, 0.1) is 17.8 Å². The predicted molar refractivity (Wildman–Crippen MR) is 139 cm³/mol. The molecule has 2 saturated carbocycles. The molecular weight excluding hydrogens is 527 g/mol. The van der Waals surface area contributed by atoms with Crippen LogP contribution in [0.4, 0.5) is 18.9 Å². The summed E-state index contributed by atoms with van der Waals surface area (Å²) in [5.74, 6) is 0.108. The second-order valence-electron chi connectivity index (χ2n) is 10.8. The third kappa shape index (κ3) is 6.13. The van der Waals surface area contributed by atoms with Crippen LogP contribution >= 0.6 is 0 Å². The van der Waals surface area contributed by atoms with Crippen LogP contribution in [0.5, 0.6) is 5.88 Å². The first kappa shape index (κ1) is 27.7. The molecule has 5 rings (SSSR count). The summed E-state index contributed by atoms with van der Waals surface area (Å²) in [6.07, 6.45) is 4.76. The molecule has 0 aliphatic heterocycles. The molecule has 40 heavy (non-hydrogen) atoms. The average molecular weight is 560 g/mol. The van der Waals surface area contributed by atoms with Gasteiger partial charge in [-0.2, -0.15) is 23.4 Å². The summed E-state index contributed by atoms with van der Waals surface area (Å²) in [5.41, 5.74) is 0.0376. The van der Waals surface area contributed by atoms with Gasteiger partial charge in [-0.05, 0) is 69.4 Å². The number of amides is 2. The molecule has 2 N–H and O–H groups in total. The number of nitrogens with zero attached hydrogens (tertiary/aromatic N) is 5. The summed E-state index contributed by atoms with van der Waals surface area (Å²) < 4.78 is 47.8. The van der Waals surface area contributed by atoms with Crippen molar-refractivity contribution in [3.63, 3.8) is 0 Å². The molecule has 214 valence electrons. The number of anilines is 1. The van der Waals surface area contributed by atoms with Gasteiger partial charge in [0.15, 0.2) is 0 Å². The zero-order valence-corrected chi connectivity index (χ0v) is 22.5. The van der Waals surface area contributed by atoms with E-state index in [1.807, 2.05) is 13.8 Å². The van der Waals surface area contributed by atoms with Crippen molar-refractivity contribution < 1.29 is 27.5 Å². The smallest absolute Gasteiger partial charge is 0.417 e. The first-order valence-corrected chi connectivity index (χ1v) is 13.3. The number of ether oxygens (including phenoxy) is 1. The van der Waals surface area contributed by atoms with Gasteiger partial charge in [0.25, 0.3) is 5.91 Å². The molecule has 3 aromatic rings. The first-order chi connectivity index (χ1) is 19.0. The van der Waals surface area contributed by atoms with Crippen molar-refractivity contribution in [2.45, 2.75) is 64.3 Å². The molecule has 10 nitrogen and oxygen atoms in total. The van der Waals surface area contributed by atoms with Gasteiger partial charge < -0.3 is 15.4 Å². The lowest BCUT2D eigenvalue weighted by molar-refractivity contribution is -0.137. The van der Waals surface area contributed by atoms with Gasteiger partial charge in [-0.25, -0.2) is 4.98 Å². The molecule has 0 spiro atoms. The number of carbonyl (C=O) groups excluding carboxylic acids is 2. The molecule has 0 aromatic carbocycles. The number of hydrogen-bond donors (Lipinski definition) is 2. The fourth-order valence-corrected chi connectivity index (χ4v) is 5.21. The number of halogens is 3. The lowest BCUT2D eigenvalue weighted by Crippen LogP contribution is -2.50. The van der Waals surface area contributed by atoms with E-state index in [1.54, 1.807) is 16.9 Å². The first-order valence-electron chi connectivity index (χ1n) is 13.3. The maximum Gasteiger partial charge on any atom is 0.417 e. The van der Waals surface area contributed by atoms with Gasteiger partial charge in [0, 0.05) is 30.2 Å². The number of methoxy groups -OCH3 is 1. The molecule has 2 amide bonds. The normalized spacial score (nSPS) is 16.3. The van der Waals surface area contributed by atoms with Crippen LogP contribution < -0.4 is 15.4 Å². The van der Waals surface area contributed by atoms with E-state index in [-0.39, 0.29) is 41.8 Å². The van der Waals surface area contributed by atoms with E-state index in [1.165, 1.54) is 24.2 Å². The van der Waals surface area contributed by atoms with E-state index in [4.69, 9.17) is 4.74 Å². The van der Waals surface area contributed by atoms with Gasteiger partial charge in [0.05, 0.1) is 31.1 Å². The van der Waals surface area contributed by atoms with Crippen molar-refractivity contribution in [2.75, 3.05) is 12.4 Å². The highest BCUT2D eigenvalue weighted by molar-refractivity contribution is 6.00. The van der Waals surface area contributed by atoms with Crippen LogP contribution in [0.2, 0.25) is 0 Å². The Balaban J connectivity index is 1.33. The summed E-state index contributed by atoms with van der Waals surface area (Å²) in [5, 5.41) is 14.3. The Hall–Kier alpha value is -3.90. The fourth-order valence-electron chi connectivity index (χ4n) is 5.21. The minimum atomic E-state index is -4.55. The maximum absolute atomic E-state index is 13.6. The largest absolute Gasteiger partial charge is 0.481 e. The maximum atomic E-state index is 13.6. The average Bonchev–Trinajstić information content (AvgIpc) is 3.83. The number of nitrogens with one attached hydrogen (secondary N) is 2. The number of aromatic nitrogens is 5. The highest BCUT2D eigenvalue weighted by atomic mass is 19.4. The van der Waals surface area contributed by atoms with Crippen LogP contribution in [-0.4, -0.2) is 49.5 Å². The molecule has 3 heterocycles. The fraction of sp³-hybridized carbons (Fsp3) is 0.519. The predicted octanol–water partition coefficient (Wildman–Crippen LogP) is 4.30. The highest BCUT2D eigenvalue weighted by Gasteiger charge is 2.48. The zero-order valence-electron chi connectivity index (χ0n) is 22.5. The van der Waals surface area contributed by atoms with E-state index in [0.717, 1.165) is 37.9 Å². The van der Waals surface area contributed by atoms with Crippen LogP contribution in [-0.2, 0) is 17.5 Å². The van der Waals surface area contributed by atoms with Crippen LogP contribution in [0.1, 0.15) is 67.2 Å². The third-order valence-electron chi connectivity index (χ3n) is 7.36. The Morgan fingerprint density at radius 2 is 1.82 bits per heavy atom. The van der Waals surface area contributed by atoms with Gasteiger partial charge in [-0.3, -0.25) is 19.0 Å². The quantitative estimate of drug-likeness (QED) is 0.362. The summed E-state index contributed by atoms with van der Waals surface area (Å²) in [6.45, 7) is 3.80. The van der Waals surface area contributed by atoms with E-state index in [0.29, 0.717) is 23.2 Å². The van der Waals surface area contributed by atoms with Crippen LogP contribution in [0.25, 0.3) is 0 Å². The number of hydrogen-bond acceptors (Lipinski definition) is 6. The van der Waals surface area contributed by atoms with Gasteiger partial charge in [-0.15, -0.1) is 0 Å². The lowest BCUT2D eigenvalue weighted by Gasteiger charge is -2.27. The van der Waals surface area contributed by atoms with Crippen molar-refractivity contribution in [2.24, 2.45) is 17.8 Å². The Labute approximate surface area is 229 Å². The molecule has 2 aliphatic rings. The molecule has 1 unspecified atom stereocenters. The van der Waals surface area contributed by atoms with E-state index in [9.17, 15) is 22.8 Å². The monoisotopic (exact) mass is 559 g/mol. The zero-order chi connectivity index (χ0) is 28.6. The van der Waals surface area contributed by atoms with Crippen molar-refractivity contribution >= 4 is 17.5 Å². The second kappa shape index (κ2) is 10.9.